The summed E-state index contributed by atoms with van der Waals surface area (Å²) < 4.78 is 28.2. The van der Waals surface area contributed by atoms with Crippen molar-refractivity contribution in [2.75, 3.05) is 0 Å². The maximum absolute atomic E-state index is 13.3. The molecule has 7 heteroatoms. The van der Waals surface area contributed by atoms with Gasteiger partial charge in [-0.05, 0) is 58.0 Å². The number of rotatable bonds is 6. The standard InChI is InChI=1S/C22H25ClN2O3S/c1-15(2)25(16(3)4)22(26)14-24-13-21(19-7-5-6-8-20(19)24)29(27,28)18-11-9-17(23)10-12-18/h5-13,15-16H,14H2,1-4H3. The minimum absolute atomic E-state index is 0.0498. The van der Waals surface area contributed by atoms with Crippen molar-refractivity contribution in [3.8, 4) is 0 Å². The second-order valence-electron chi connectivity index (χ2n) is 7.58. The molecule has 0 bridgehead atoms. The predicted molar refractivity (Wildman–Crippen MR) is 116 cm³/mol. The quantitative estimate of drug-likeness (QED) is 0.563. The molecule has 0 saturated heterocycles. The summed E-state index contributed by atoms with van der Waals surface area (Å²) in [6, 6.07) is 13.4. The highest BCUT2D eigenvalue weighted by Gasteiger charge is 2.26. The lowest BCUT2D eigenvalue weighted by atomic mass is 10.2. The van der Waals surface area contributed by atoms with E-state index in [1.807, 2.05) is 44.7 Å². The van der Waals surface area contributed by atoms with E-state index in [2.05, 4.69) is 0 Å². The van der Waals surface area contributed by atoms with Crippen LogP contribution in [0.1, 0.15) is 27.7 Å². The van der Waals surface area contributed by atoms with Gasteiger partial charge < -0.3 is 9.47 Å². The summed E-state index contributed by atoms with van der Waals surface area (Å²) in [6.07, 6.45) is 1.56. The molecule has 0 atom stereocenters. The average molecular weight is 433 g/mol. The number of aromatic nitrogens is 1. The summed E-state index contributed by atoms with van der Waals surface area (Å²) in [5.41, 5.74) is 0.709. The summed E-state index contributed by atoms with van der Waals surface area (Å²) >= 11 is 5.90. The van der Waals surface area contributed by atoms with Crippen molar-refractivity contribution in [2.24, 2.45) is 0 Å². The maximum Gasteiger partial charge on any atom is 0.242 e. The van der Waals surface area contributed by atoms with E-state index in [-0.39, 0.29) is 34.3 Å². The predicted octanol–water partition coefficient (Wildman–Crippen LogP) is 4.77. The number of hydrogen-bond acceptors (Lipinski definition) is 3. The Morgan fingerprint density at radius 3 is 2.17 bits per heavy atom. The molecule has 0 aliphatic rings. The molecule has 0 saturated carbocycles. The normalized spacial score (nSPS) is 12.1. The molecule has 1 amide bonds. The van der Waals surface area contributed by atoms with Gasteiger partial charge in [-0.25, -0.2) is 8.42 Å². The van der Waals surface area contributed by atoms with Crippen LogP contribution in [0.5, 0.6) is 0 Å². The molecule has 3 rings (SSSR count). The van der Waals surface area contributed by atoms with Crippen LogP contribution < -0.4 is 0 Å². The summed E-state index contributed by atoms with van der Waals surface area (Å²) in [4.78, 5) is 15.1. The van der Waals surface area contributed by atoms with Crippen LogP contribution in [0.2, 0.25) is 5.02 Å². The smallest absolute Gasteiger partial charge is 0.242 e. The van der Waals surface area contributed by atoms with Crippen molar-refractivity contribution < 1.29 is 13.2 Å². The van der Waals surface area contributed by atoms with Crippen molar-refractivity contribution in [1.82, 2.24) is 9.47 Å². The van der Waals surface area contributed by atoms with E-state index in [0.717, 1.165) is 0 Å². The summed E-state index contributed by atoms with van der Waals surface area (Å²) in [6.45, 7) is 7.97. The van der Waals surface area contributed by atoms with Crippen molar-refractivity contribution in [3.63, 3.8) is 0 Å². The first-order valence-corrected chi connectivity index (χ1v) is 11.4. The molecule has 0 unspecified atom stereocenters. The molecule has 29 heavy (non-hydrogen) atoms. The number of amides is 1. The first-order valence-electron chi connectivity index (χ1n) is 9.52. The van der Waals surface area contributed by atoms with Crippen molar-refractivity contribution >= 4 is 38.2 Å². The van der Waals surface area contributed by atoms with E-state index in [1.165, 1.54) is 12.1 Å². The number of para-hydroxylation sites is 1. The third kappa shape index (κ3) is 4.19. The molecule has 1 heterocycles. The van der Waals surface area contributed by atoms with Crippen LogP contribution in [0.4, 0.5) is 0 Å². The zero-order valence-corrected chi connectivity index (χ0v) is 18.5. The van der Waals surface area contributed by atoms with Crippen LogP contribution in [0.3, 0.4) is 0 Å². The lowest BCUT2D eigenvalue weighted by Crippen LogP contribution is -2.43. The van der Waals surface area contributed by atoms with E-state index in [0.29, 0.717) is 15.9 Å². The Morgan fingerprint density at radius 2 is 1.59 bits per heavy atom. The lowest BCUT2D eigenvalue weighted by molar-refractivity contribution is -0.135. The van der Waals surface area contributed by atoms with Gasteiger partial charge in [0.15, 0.2) is 0 Å². The summed E-state index contributed by atoms with van der Waals surface area (Å²) in [7, 11) is -3.75. The van der Waals surface area contributed by atoms with Gasteiger partial charge in [-0.3, -0.25) is 4.79 Å². The average Bonchev–Trinajstić information content (AvgIpc) is 3.01. The Morgan fingerprint density at radius 1 is 1.00 bits per heavy atom. The molecule has 0 radical (unpaired) electrons. The second kappa shape index (κ2) is 8.20. The molecule has 0 N–H and O–H groups in total. The van der Waals surface area contributed by atoms with Crippen LogP contribution in [-0.4, -0.2) is 35.9 Å². The van der Waals surface area contributed by atoms with Crippen molar-refractivity contribution in [3.05, 3.63) is 59.8 Å². The molecule has 0 spiro atoms. The van der Waals surface area contributed by atoms with Gasteiger partial charge in [0.2, 0.25) is 15.7 Å². The second-order valence-corrected chi connectivity index (χ2v) is 9.94. The number of carbonyl (C=O) groups excluding carboxylic acids is 1. The molecule has 0 fully saturated rings. The van der Waals surface area contributed by atoms with Gasteiger partial charge in [0.25, 0.3) is 0 Å². The summed E-state index contributed by atoms with van der Waals surface area (Å²) in [5.74, 6) is -0.0498. The van der Waals surface area contributed by atoms with Gasteiger partial charge in [0.05, 0.1) is 9.79 Å². The summed E-state index contributed by atoms with van der Waals surface area (Å²) in [5, 5.41) is 1.07. The van der Waals surface area contributed by atoms with Gasteiger partial charge in [-0.2, -0.15) is 0 Å². The fourth-order valence-electron chi connectivity index (χ4n) is 3.70. The zero-order chi connectivity index (χ0) is 21.3. The number of carbonyl (C=O) groups is 1. The number of halogens is 1. The third-order valence-corrected chi connectivity index (χ3v) is 6.92. The highest BCUT2D eigenvalue weighted by atomic mass is 35.5. The first-order chi connectivity index (χ1) is 13.6. The molecule has 5 nitrogen and oxygen atoms in total. The third-order valence-electron chi connectivity index (χ3n) is 4.87. The minimum Gasteiger partial charge on any atom is -0.337 e. The highest BCUT2D eigenvalue weighted by Crippen LogP contribution is 2.31. The zero-order valence-electron chi connectivity index (χ0n) is 17.0. The van der Waals surface area contributed by atoms with Gasteiger partial charge in [-0.15, -0.1) is 0 Å². The van der Waals surface area contributed by atoms with Crippen LogP contribution in [0, 0.1) is 0 Å². The van der Waals surface area contributed by atoms with Crippen molar-refractivity contribution in [2.45, 2.75) is 56.1 Å². The van der Waals surface area contributed by atoms with Crippen molar-refractivity contribution in [1.29, 1.82) is 0 Å². The number of fused-ring (bicyclic) bond motifs is 1. The molecular weight excluding hydrogens is 408 g/mol. The molecular formula is C22H25ClN2O3S. The van der Waals surface area contributed by atoms with E-state index < -0.39 is 9.84 Å². The van der Waals surface area contributed by atoms with Crippen LogP contribution in [0.15, 0.2) is 64.5 Å². The Bertz CT molecular complexity index is 1120. The Labute approximate surface area is 176 Å². The fraction of sp³-hybridized carbons (Fsp3) is 0.318. The fourth-order valence-corrected chi connectivity index (χ4v) is 5.30. The first kappa shape index (κ1) is 21.4. The van der Waals surface area contributed by atoms with Crippen LogP contribution in [-0.2, 0) is 21.2 Å². The van der Waals surface area contributed by atoms with E-state index in [1.54, 1.807) is 35.0 Å². The molecule has 2 aromatic carbocycles. The molecule has 0 aliphatic heterocycles. The van der Waals surface area contributed by atoms with Gasteiger partial charge in [-0.1, -0.05) is 29.8 Å². The molecule has 1 aromatic heterocycles. The minimum atomic E-state index is -3.75. The van der Waals surface area contributed by atoms with Crippen LogP contribution in [0.25, 0.3) is 10.9 Å². The van der Waals surface area contributed by atoms with E-state index in [9.17, 15) is 13.2 Å². The Kier molecular flexibility index (Phi) is 6.05. The topological polar surface area (TPSA) is 59.4 Å². The molecule has 3 aromatic rings. The Hall–Kier alpha value is -2.31. The molecule has 0 aliphatic carbocycles. The molecule has 154 valence electrons. The van der Waals surface area contributed by atoms with Gasteiger partial charge >= 0.3 is 0 Å². The monoisotopic (exact) mass is 432 g/mol. The largest absolute Gasteiger partial charge is 0.337 e. The SMILES string of the molecule is CC(C)N(C(=O)Cn1cc(S(=O)(=O)c2ccc(Cl)cc2)c2ccccc21)C(C)C. The number of nitrogens with zero attached hydrogens (tertiary/aromatic N) is 2. The van der Waals surface area contributed by atoms with Crippen LogP contribution >= 0.6 is 11.6 Å². The highest BCUT2D eigenvalue weighted by molar-refractivity contribution is 7.91. The van der Waals surface area contributed by atoms with Gasteiger partial charge in [0.1, 0.15) is 6.54 Å². The number of hydrogen-bond donors (Lipinski definition) is 0. The van der Waals surface area contributed by atoms with Gasteiger partial charge in [0, 0.05) is 34.2 Å². The lowest BCUT2D eigenvalue weighted by Gasteiger charge is -2.31. The Balaban J connectivity index is 2.08. The van der Waals surface area contributed by atoms with E-state index >= 15 is 0 Å². The maximum atomic E-state index is 13.3. The number of benzene rings is 2. The number of sulfone groups is 1. The van der Waals surface area contributed by atoms with E-state index in [4.69, 9.17) is 11.6 Å².